The Bertz CT molecular complexity index is 219. The van der Waals surface area contributed by atoms with Crippen molar-refractivity contribution in [1.82, 2.24) is 15.3 Å². The summed E-state index contributed by atoms with van der Waals surface area (Å²) in [6.45, 7) is 4.13. The smallest absolute Gasteiger partial charge is 0.0724 e. The molecule has 0 aliphatic rings. The van der Waals surface area contributed by atoms with E-state index in [1.807, 2.05) is 6.92 Å². The third-order valence-electron chi connectivity index (χ3n) is 1.46. The molecule has 3 N–H and O–H groups in total. The maximum Gasteiger partial charge on any atom is 0.0724 e. The number of nitrogens with one attached hydrogen (secondary N) is 1. The molecule has 0 radical (unpaired) electrons. The van der Waals surface area contributed by atoms with Crippen molar-refractivity contribution in [3.05, 3.63) is 23.8 Å². The lowest BCUT2D eigenvalue weighted by Crippen LogP contribution is -2.22. The zero-order chi connectivity index (χ0) is 8.81. The van der Waals surface area contributed by atoms with Gasteiger partial charge in [0.2, 0.25) is 0 Å². The third kappa shape index (κ3) is 2.94. The molecule has 0 saturated heterocycles. The second-order valence-corrected chi connectivity index (χ2v) is 2.61. The Balaban J connectivity index is 2.37. The van der Waals surface area contributed by atoms with Crippen LogP contribution in [0.4, 0.5) is 0 Å². The first-order valence-electron chi connectivity index (χ1n) is 4.01. The minimum Gasteiger partial charge on any atom is -0.329 e. The van der Waals surface area contributed by atoms with E-state index in [1.165, 1.54) is 0 Å². The summed E-state index contributed by atoms with van der Waals surface area (Å²) in [7, 11) is 0. The van der Waals surface area contributed by atoms with Gasteiger partial charge >= 0.3 is 0 Å². The summed E-state index contributed by atoms with van der Waals surface area (Å²) in [6.07, 6.45) is 3.54. The van der Waals surface area contributed by atoms with Gasteiger partial charge in [0.15, 0.2) is 0 Å². The molecule has 0 atom stereocenters. The van der Waals surface area contributed by atoms with E-state index in [-0.39, 0.29) is 0 Å². The molecule has 1 rings (SSSR count). The zero-order valence-corrected chi connectivity index (χ0v) is 7.25. The van der Waals surface area contributed by atoms with Crippen LogP contribution in [0.2, 0.25) is 0 Å². The third-order valence-corrected chi connectivity index (χ3v) is 1.46. The van der Waals surface area contributed by atoms with E-state index in [4.69, 9.17) is 5.73 Å². The first-order valence-corrected chi connectivity index (χ1v) is 4.01. The molecule has 12 heavy (non-hydrogen) atoms. The molecule has 66 valence electrons. The largest absolute Gasteiger partial charge is 0.329 e. The summed E-state index contributed by atoms with van der Waals surface area (Å²) in [5, 5.41) is 3.14. The quantitative estimate of drug-likeness (QED) is 0.610. The molecule has 0 aromatic carbocycles. The van der Waals surface area contributed by atoms with Crippen LogP contribution >= 0.6 is 0 Å². The van der Waals surface area contributed by atoms with Crippen molar-refractivity contribution in [3.8, 4) is 0 Å². The summed E-state index contributed by atoms with van der Waals surface area (Å²) in [5.74, 6) is 0. The highest BCUT2D eigenvalue weighted by molar-refractivity contribution is 4.99. The number of hydrogen-bond donors (Lipinski definition) is 2. The standard InChI is InChI=1S/C8H14N4/c1-7-4-12-8(6-11-7)5-10-3-2-9/h4,6,10H,2-3,5,9H2,1H3. The first kappa shape index (κ1) is 9.09. The molecular weight excluding hydrogens is 152 g/mol. The van der Waals surface area contributed by atoms with Gasteiger partial charge in [0.25, 0.3) is 0 Å². The second-order valence-electron chi connectivity index (χ2n) is 2.61. The fraction of sp³-hybridized carbons (Fsp3) is 0.500. The van der Waals surface area contributed by atoms with Crippen LogP contribution in [0.25, 0.3) is 0 Å². The number of aryl methyl sites for hydroxylation is 1. The van der Waals surface area contributed by atoms with Gasteiger partial charge in [0.1, 0.15) is 0 Å². The maximum atomic E-state index is 5.32. The van der Waals surface area contributed by atoms with Crippen molar-refractivity contribution in [3.63, 3.8) is 0 Å². The molecule has 0 amide bonds. The average Bonchev–Trinajstić information content (AvgIpc) is 2.09. The van der Waals surface area contributed by atoms with E-state index < -0.39 is 0 Å². The van der Waals surface area contributed by atoms with E-state index in [2.05, 4.69) is 15.3 Å². The van der Waals surface area contributed by atoms with Crippen molar-refractivity contribution >= 4 is 0 Å². The number of hydrogen-bond acceptors (Lipinski definition) is 4. The lowest BCUT2D eigenvalue weighted by molar-refractivity contribution is 0.678. The van der Waals surface area contributed by atoms with Gasteiger partial charge in [-0.3, -0.25) is 9.97 Å². The number of nitrogens with two attached hydrogens (primary N) is 1. The number of rotatable bonds is 4. The Hall–Kier alpha value is -1.00. The number of aromatic nitrogens is 2. The topological polar surface area (TPSA) is 63.8 Å². The molecule has 0 aliphatic carbocycles. The van der Waals surface area contributed by atoms with Gasteiger partial charge in [-0.25, -0.2) is 0 Å². The van der Waals surface area contributed by atoms with E-state index in [9.17, 15) is 0 Å². The Kier molecular flexibility index (Phi) is 3.63. The fourth-order valence-corrected chi connectivity index (χ4v) is 0.829. The zero-order valence-electron chi connectivity index (χ0n) is 7.25. The number of nitrogens with zero attached hydrogens (tertiary/aromatic N) is 2. The van der Waals surface area contributed by atoms with E-state index in [0.717, 1.165) is 24.5 Å². The summed E-state index contributed by atoms with van der Waals surface area (Å²) < 4.78 is 0. The second kappa shape index (κ2) is 4.79. The SMILES string of the molecule is Cc1cnc(CNCCN)cn1. The lowest BCUT2D eigenvalue weighted by Gasteiger charge is -2.01. The molecule has 0 fully saturated rings. The van der Waals surface area contributed by atoms with Crippen molar-refractivity contribution in [2.75, 3.05) is 13.1 Å². The monoisotopic (exact) mass is 166 g/mol. The predicted molar refractivity (Wildman–Crippen MR) is 47.5 cm³/mol. The van der Waals surface area contributed by atoms with Crippen LogP contribution in [-0.2, 0) is 6.54 Å². The molecule has 0 aliphatic heterocycles. The van der Waals surface area contributed by atoms with Gasteiger partial charge in [0, 0.05) is 32.0 Å². The van der Waals surface area contributed by atoms with Gasteiger partial charge in [-0.2, -0.15) is 0 Å². The van der Waals surface area contributed by atoms with Gasteiger partial charge in [-0.05, 0) is 6.92 Å². The van der Waals surface area contributed by atoms with Gasteiger partial charge in [0.05, 0.1) is 11.4 Å². The van der Waals surface area contributed by atoms with Crippen molar-refractivity contribution in [1.29, 1.82) is 0 Å². The summed E-state index contributed by atoms with van der Waals surface area (Å²) >= 11 is 0. The van der Waals surface area contributed by atoms with Gasteiger partial charge in [-0.15, -0.1) is 0 Å². The minimum absolute atomic E-state index is 0.652. The van der Waals surface area contributed by atoms with Crippen LogP contribution in [0.5, 0.6) is 0 Å². The van der Waals surface area contributed by atoms with E-state index >= 15 is 0 Å². The highest BCUT2D eigenvalue weighted by Gasteiger charge is 1.92. The van der Waals surface area contributed by atoms with Gasteiger partial charge < -0.3 is 11.1 Å². The molecule has 4 heteroatoms. The van der Waals surface area contributed by atoms with Crippen LogP contribution < -0.4 is 11.1 Å². The van der Waals surface area contributed by atoms with Crippen LogP contribution in [-0.4, -0.2) is 23.1 Å². The predicted octanol–water partition coefficient (Wildman–Crippen LogP) is -0.167. The highest BCUT2D eigenvalue weighted by atomic mass is 14.9. The van der Waals surface area contributed by atoms with Crippen LogP contribution in [0.3, 0.4) is 0 Å². The van der Waals surface area contributed by atoms with E-state index in [1.54, 1.807) is 12.4 Å². The van der Waals surface area contributed by atoms with E-state index in [0.29, 0.717) is 6.54 Å². The Morgan fingerprint density at radius 2 is 2.25 bits per heavy atom. The molecule has 1 heterocycles. The van der Waals surface area contributed by atoms with Crippen LogP contribution in [0.1, 0.15) is 11.4 Å². The summed E-state index contributed by atoms with van der Waals surface area (Å²) in [4.78, 5) is 8.31. The van der Waals surface area contributed by atoms with Crippen LogP contribution in [0, 0.1) is 6.92 Å². The molecule has 0 spiro atoms. The Morgan fingerprint density at radius 1 is 1.42 bits per heavy atom. The van der Waals surface area contributed by atoms with Crippen LogP contribution in [0.15, 0.2) is 12.4 Å². The normalized spacial score (nSPS) is 10.2. The average molecular weight is 166 g/mol. The van der Waals surface area contributed by atoms with Crippen molar-refractivity contribution in [2.45, 2.75) is 13.5 Å². The summed E-state index contributed by atoms with van der Waals surface area (Å²) in [6, 6.07) is 0. The molecule has 1 aromatic rings. The minimum atomic E-state index is 0.652. The lowest BCUT2D eigenvalue weighted by atomic mass is 10.4. The summed E-state index contributed by atoms with van der Waals surface area (Å²) in [5.41, 5.74) is 7.21. The molecule has 0 bridgehead atoms. The molecule has 0 saturated carbocycles. The van der Waals surface area contributed by atoms with Gasteiger partial charge in [-0.1, -0.05) is 0 Å². The molecular formula is C8H14N4. The first-order chi connectivity index (χ1) is 5.83. The molecule has 0 unspecified atom stereocenters. The van der Waals surface area contributed by atoms with Crippen molar-refractivity contribution < 1.29 is 0 Å². The fourth-order valence-electron chi connectivity index (χ4n) is 0.829. The highest BCUT2D eigenvalue weighted by Crippen LogP contribution is 1.92. The Morgan fingerprint density at radius 3 is 2.83 bits per heavy atom. The Labute approximate surface area is 72.2 Å². The maximum absolute atomic E-state index is 5.32. The molecule has 4 nitrogen and oxygen atoms in total. The van der Waals surface area contributed by atoms with Crippen molar-refractivity contribution in [2.24, 2.45) is 5.73 Å². The molecule has 1 aromatic heterocycles.